The van der Waals surface area contributed by atoms with Gasteiger partial charge in [-0.05, 0) is 27.8 Å². The summed E-state index contributed by atoms with van der Waals surface area (Å²) in [4.78, 5) is 0. The third kappa shape index (κ3) is 2.82. The van der Waals surface area contributed by atoms with Gasteiger partial charge in [0.2, 0.25) is 0 Å². The van der Waals surface area contributed by atoms with Crippen molar-refractivity contribution in [1.82, 2.24) is 0 Å². The highest BCUT2D eigenvalue weighted by Gasteiger charge is 2.18. The Morgan fingerprint density at radius 2 is 1.95 bits per heavy atom. The van der Waals surface area contributed by atoms with Crippen LogP contribution in [0.2, 0.25) is 13.1 Å². The number of hydrogen-bond acceptors (Lipinski definition) is 2. The van der Waals surface area contributed by atoms with E-state index in [1.54, 1.807) is 7.11 Å². The Balaban J connectivity index is 2.16. The summed E-state index contributed by atoms with van der Waals surface area (Å²) in [6, 6.07) is 13.4. The van der Waals surface area contributed by atoms with Crippen molar-refractivity contribution in [2.75, 3.05) is 7.11 Å². The van der Waals surface area contributed by atoms with Crippen LogP contribution in [-0.4, -0.2) is 15.9 Å². The van der Waals surface area contributed by atoms with Crippen molar-refractivity contribution in [2.24, 2.45) is 0 Å². The largest absolute Gasteiger partial charge is 0.380 e. The van der Waals surface area contributed by atoms with Crippen LogP contribution in [0.5, 0.6) is 0 Å². The fraction of sp³-hybridized carbons (Fsp3) is 0.333. The van der Waals surface area contributed by atoms with Gasteiger partial charge in [0.05, 0.1) is 28.6 Å². The smallest absolute Gasteiger partial charge is 0.0731 e. The second-order valence-electron chi connectivity index (χ2n) is 5.94. The van der Waals surface area contributed by atoms with Crippen LogP contribution in [0.4, 0.5) is 0 Å². The van der Waals surface area contributed by atoms with Crippen LogP contribution in [-0.2, 0) is 29.3 Å². The quantitative estimate of drug-likeness (QED) is 0.807. The summed E-state index contributed by atoms with van der Waals surface area (Å²) >= 11 is 0. The SMILES string of the molecule is COCc1ccc([SiH](C)C)cc1-c1cccc2c1COC2. The summed E-state index contributed by atoms with van der Waals surface area (Å²) in [6.07, 6.45) is 0. The molecule has 0 amide bonds. The van der Waals surface area contributed by atoms with E-state index in [4.69, 9.17) is 9.47 Å². The molecule has 0 bridgehead atoms. The monoisotopic (exact) mass is 298 g/mol. The molecule has 0 aliphatic carbocycles. The molecule has 0 aromatic heterocycles. The third-order valence-electron chi connectivity index (χ3n) is 4.17. The zero-order chi connectivity index (χ0) is 14.8. The molecule has 3 rings (SSSR count). The van der Waals surface area contributed by atoms with E-state index < -0.39 is 8.80 Å². The Morgan fingerprint density at radius 1 is 1.10 bits per heavy atom. The highest BCUT2D eigenvalue weighted by atomic mass is 28.3. The Bertz CT molecular complexity index is 650. The van der Waals surface area contributed by atoms with Gasteiger partial charge in [-0.15, -0.1) is 0 Å². The van der Waals surface area contributed by atoms with Crippen molar-refractivity contribution >= 4 is 14.0 Å². The lowest BCUT2D eigenvalue weighted by atomic mass is 9.94. The van der Waals surface area contributed by atoms with Crippen LogP contribution in [0.25, 0.3) is 11.1 Å². The predicted octanol–water partition coefficient (Wildman–Crippen LogP) is 3.22. The van der Waals surface area contributed by atoms with Crippen LogP contribution < -0.4 is 5.19 Å². The molecule has 110 valence electrons. The summed E-state index contributed by atoms with van der Waals surface area (Å²) in [5.41, 5.74) is 6.56. The average Bonchev–Trinajstić information content (AvgIpc) is 2.96. The van der Waals surface area contributed by atoms with E-state index in [1.807, 2.05) is 0 Å². The van der Waals surface area contributed by atoms with Gasteiger partial charge in [-0.2, -0.15) is 0 Å². The second kappa shape index (κ2) is 6.14. The van der Waals surface area contributed by atoms with Gasteiger partial charge >= 0.3 is 0 Å². The number of hydrogen-bond donors (Lipinski definition) is 0. The number of rotatable bonds is 4. The predicted molar refractivity (Wildman–Crippen MR) is 89.6 cm³/mol. The van der Waals surface area contributed by atoms with E-state index >= 15 is 0 Å². The van der Waals surface area contributed by atoms with E-state index in [0.29, 0.717) is 6.61 Å². The van der Waals surface area contributed by atoms with Crippen molar-refractivity contribution < 1.29 is 9.47 Å². The summed E-state index contributed by atoms with van der Waals surface area (Å²) < 4.78 is 11.0. The second-order valence-corrected chi connectivity index (χ2v) is 8.92. The number of benzene rings is 2. The van der Waals surface area contributed by atoms with E-state index in [-0.39, 0.29) is 0 Å². The molecule has 1 aliphatic rings. The molecule has 0 N–H and O–H groups in total. The molecule has 0 spiro atoms. The lowest BCUT2D eigenvalue weighted by molar-refractivity contribution is 0.134. The van der Waals surface area contributed by atoms with Gasteiger partial charge < -0.3 is 9.47 Å². The maximum Gasteiger partial charge on any atom is 0.0731 e. The van der Waals surface area contributed by atoms with Gasteiger partial charge in [0, 0.05) is 7.11 Å². The van der Waals surface area contributed by atoms with Crippen molar-refractivity contribution in [1.29, 1.82) is 0 Å². The van der Waals surface area contributed by atoms with Crippen LogP contribution in [0, 0.1) is 0 Å². The maximum absolute atomic E-state index is 5.63. The molecule has 3 heteroatoms. The van der Waals surface area contributed by atoms with E-state index in [9.17, 15) is 0 Å². The molecule has 1 heterocycles. The zero-order valence-corrected chi connectivity index (χ0v) is 14.1. The molecular weight excluding hydrogens is 276 g/mol. The van der Waals surface area contributed by atoms with E-state index in [2.05, 4.69) is 49.5 Å². The fourth-order valence-corrected chi connectivity index (χ4v) is 3.92. The summed E-state index contributed by atoms with van der Waals surface area (Å²) in [7, 11) is 0.943. The first-order valence-corrected chi connectivity index (χ1v) is 10.4. The van der Waals surface area contributed by atoms with E-state index in [0.717, 1.165) is 13.2 Å². The van der Waals surface area contributed by atoms with Crippen LogP contribution in [0.15, 0.2) is 36.4 Å². The van der Waals surface area contributed by atoms with Gasteiger partial charge in [-0.1, -0.05) is 54.7 Å². The molecule has 0 unspecified atom stereocenters. The molecule has 2 aromatic carbocycles. The van der Waals surface area contributed by atoms with Gasteiger partial charge in [0.1, 0.15) is 0 Å². The fourth-order valence-electron chi connectivity index (χ4n) is 2.94. The van der Waals surface area contributed by atoms with Gasteiger partial charge in [-0.25, -0.2) is 0 Å². The van der Waals surface area contributed by atoms with Crippen molar-refractivity contribution in [3.05, 3.63) is 53.1 Å². The van der Waals surface area contributed by atoms with Gasteiger partial charge in [0.15, 0.2) is 0 Å². The Labute approximate surface area is 128 Å². The third-order valence-corrected chi connectivity index (χ3v) is 5.86. The van der Waals surface area contributed by atoms with Crippen molar-refractivity contribution in [3.63, 3.8) is 0 Å². The Kier molecular flexibility index (Phi) is 4.24. The molecule has 0 atom stereocenters. The normalized spacial score (nSPS) is 13.7. The number of fused-ring (bicyclic) bond motifs is 1. The summed E-state index contributed by atoms with van der Waals surface area (Å²) in [5.74, 6) is 0. The van der Waals surface area contributed by atoms with Crippen LogP contribution in [0.3, 0.4) is 0 Å². The molecule has 1 aliphatic heterocycles. The molecule has 0 saturated heterocycles. The molecule has 2 nitrogen and oxygen atoms in total. The lowest BCUT2D eigenvalue weighted by Gasteiger charge is -2.15. The van der Waals surface area contributed by atoms with Gasteiger partial charge in [0.25, 0.3) is 0 Å². The highest BCUT2D eigenvalue weighted by molar-refractivity contribution is 6.70. The van der Waals surface area contributed by atoms with Gasteiger partial charge in [-0.3, -0.25) is 0 Å². The molecule has 21 heavy (non-hydrogen) atoms. The first-order valence-electron chi connectivity index (χ1n) is 7.51. The minimum absolute atomic E-state index is 0.653. The average molecular weight is 298 g/mol. The van der Waals surface area contributed by atoms with Crippen molar-refractivity contribution in [2.45, 2.75) is 32.9 Å². The van der Waals surface area contributed by atoms with E-state index in [1.165, 1.54) is 33.0 Å². The minimum atomic E-state index is -0.814. The van der Waals surface area contributed by atoms with Crippen LogP contribution in [0.1, 0.15) is 16.7 Å². The standard InChI is InChI=1S/C18H22O2Si/c1-19-10-14-7-8-15(21(2)3)9-17(14)16-6-4-5-13-11-20-12-18(13)16/h4-9,21H,10-12H2,1-3H3. The Hall–Kier alpha value is -1.42. The molecule has 0 fully saturated rings. The molecule has 2 aromatic rings. The molecular formula is C18H22O2Si. The minimum Gasteiger partial charge on any atom is -0.380 e. The topological polar surface area (TPSA) is 18.5 Å². The molecule has 0 radical (unpaired) electrons. The highest BCUT2D eigenvalue weighted by Crippen LogP contribution is 2.33. The first-order chi connectivity index (χ1) is 10.2. The number of methoxy groups -OCH3 is 1. The summed E-state index contributed by atoms with van der Waals surface area (Å²) in [5, 5.41) is 1.50. The van der Waals surface area contributed by atoms with Crippen molar-refractivity contribution in [3.8, 4) is 11.1 Å². The Morgan fingerprint density at radius 3 is 2.71 bits per heavy atom. The lowest BCUT2D eigenvalue weighted by Crippen LogP contribution is -2.22. The first kappa shape index (κ1) is 14.5. The number of ether oxygens (including phenoxy) is 2. The van der Waals surface area contributed by atoms with Crippen LogP contribution >= 0.6 is 0 Å². The molecule has 0 saturated carbocycles. The zero-order valence-electron chi connectivity index (χ0n) is 13.0. The maximum atomic E-state index is 5.63. The summed E-state index contributed by atoms with van der Waals surface area (Å²) in [6.45, 7) is 6.85.